The highest BCUT2D eigenvalue weighted by Gasteiger charge is 1.96. The summed E-state index contributed by atoms with van der Waals surface area (Å²) in [5.74, 6) is 0.440. The van der Waals surface area contributed by atoms with Gasteiger partial charge >= 0.3 is 5.97 Å². The van der Waals surface area contributed by atoms with Gasteiger partial charge in [-0.25, -0.2) is 0 Å². The minimum Gasteiger partial charge on any atom is -0.459 e. The average Bonchev–Trinajstić information content (AvgIpc) is 1.79. The molecule has 10 heavy (non-hydrogen) atoms. The molecule has 2 nitrogen and oxygen atoms in total. The molecule has 0 spiro atoms. The number of rotatable bonds is 4. The van der Waals surface area contributed by atoms with E-state index in [1.165, 1.54) is 6.92 Å². The fourth-order valence-electron chi connectivity index (χ4n) is 0.578. The van der Waals surface area contributed by atoms with Crippen molar-refractivity contribution >= 4 is 5.97 Å². The van der Waals surface area contributed by atoms with Gasteiger partial charge in [-0.1, -0.05) is 13.8 Å². The van der Waals surface area contributed by atoms with Crippen molar-refractivity contribution in [3.63, 3.8) is 0 Å². The molecule has 0 N–H and O–H groups in total. The van der Waals surface area contributed by atoms with E-state index in [0.29, 0.717) is 5.92 Å². The van der Waals surface area contributed by atoms with E-state index < -0.39 is 0 Å². The van der Waals surface area contributed by atoms with Crippen LogP contribution in [0.4, 0.5) is 0 Å². The zero-order valence-electron chi connectivity index (χ0n) is 6.89. The molecule has 1 radical (unpaired) electrons. The molecule has 0 aromatic rings. The van der Waals surface area contributed by atoms with Crippen LogP contribution in [0.2, 0.25) is 0 Å². The van der Waals surface area contributed by atoms with E-state index in [1.54, 1.807) is 6.61 Å². The van der Waals surface area contributed by atoms with Gasteiger partial charge in [-0.15, -0.1) is 0 Å². The number of ether oxygens (including phenoxy) is 1. The van der Waals surface area contributed by atoms with Crippen molar-refractivity contribution in [3.8, 4) is 0 Å². The summed E-state index contributed by atoms with van der Waals surface area (Å²) in [7, 11) is 0. The lowest BCUT2D eigenvalue weighted by atomic mass is 10.1. The molecular weight excluding hydrogens is 128 g/mol. The van der Waals surface area contributed by atoms with Crippen LogP contribution in [0, 0.1) is 12.5 Å². The molecule has 0 saturated heterocycles. The van der Waals surface area contributed by atoms with Gasteiger partial charge in [0.15, 0.2) is 0 Å². The molecule has 0 unspecified atom stereocenters. The van der Waals surface area contributed by atoms with Gasteiger partial charge in [-0.3, -0.25) is 4.79 Å². The molecule has 0 bridgehead atoms. The number of carbonyl (C=O) groups is 1. The third-order valence-corrected chi connectivity index (χ3v) is 1.11. The van der Waals surface area contributed by atoms with Gasteiger partial charge in [0.2, 0.25) is 0 Å². The third-order valence-electron chi connectivity index (χ3n) is 1.11. The van der Waals surface area contributed by atoms with E-state index in [1.807, 2.05) is 0 Å². The summed E-state index contributed by atoms with van der Waals surface area (Å²) >= 11 is 0. The quantitative estimate of drug-likeness (QED) is 0.445. The summed E-state index contributed by atoms with van der Waals surface area (Å²) in [4.78, 5) is 10.2. The smallest absolute Gasteiger partial charge is 0.303 e. The first-order valence-electron chi connectivity index (χ1n) is 3.62. The lowest BCUT2D eigenvalue weighted by molar-refractivity contribution is -0.137. The highest BCUT2D eigenvalue weighted by atomic mass is 16.5. The summed E-state index contributed by atoms with van der Waals surface area (Å²) in [5.41, 5.74) is 0. The summed E-state index contributed by atoms with van der Waals surface area (Å²) in [6, 6.07) is 0. The van der Waals surface area contributed by atoms with Crippen LogP contribution < -0.4 is 0 Å². The minimum absolute atomic E-state index is 0.233. The molecule has 0 heterocycles. The van der Waals surface area contributed by atoms with Crippen LogP contribution in [-0.4, -0.2) is 5.97 Å². The largest absolute Gasteiger partial charge is 0.459 e. The molecule has 0 fully saturated rings. The van der Waals surface area contributed by atoms with E-state index >= 15 is 0 Å². The van der Waals surface area contributed by atoms with Gasteiger partial charge in [-0.2, -0.15) is 0 Å². The minimum atomic E-state index is -0.233. The fourth-order valence-corrected chi connectivity index (χ4v) is 0.578. The van der Waals surface area contributed by atoms with Crippen molar-refractivity contribution in [2.45, 2.75) is 33.6 Å². The number of esters is 1. The maximum Gasteiger partial charge on any atom is 0.303 e. The van der Waals surface area contributed by atoms with Crippen LogP contribution in [0.5, 0.6) is 0 Å². The van der Waals surface area contributed by atoms with E-state index in [0.717, 1.165) is 12.8 Å². The number of carbonyl (C=O) groups excluding carboxylic acids is 1. The summed E-state index contributed by atoms with van der Waals surface area (Å²) in [6.07, 6.45) is 1.94. The Morgan fingerprint density at radius 1 is 1.60 bits per heavy atom. The van der Waals surface area contributed by atoms with Crippen molar-refractivity contribution < 1.29 is 9.53 Å². The standard InChI is InChI=1S/C8H15O2/c1-7(2)5-4-6-10-8(3)9/h6-7H,4-5H2,1-3H3. The summed E-state index contributed by atoms with van der Waals surface area (Å²) in [6.45, 7) is 7.26. The molecule has 0 rings (SSSR count). The normalized spacial score (nSPS) is 10.0. The Balaban J connectivity index is 2.98. The lowest BCUT2D eigenvalue weighted by Gasteiger charge is -2.02. The zero-order chi connectivity index (χ0) is 7.98. The van der Waals surface area contributed by atoms with Gasteiger partial charge in [-0.05, 0) is 18.8 Å². The molecule has 2 heteroatoms. The van der Waals surface area contributed by atoms with Crippen LogP contribution >= 0.6 is 0 Å². The Hall–Kier alpha value is -0.530. The Labute approximate surface area is 62.6 Å². The maximum atomic E-state index is 10.2. The Bertz CT molecular complexity index is 97.4. The van der Waals surface area contributed by atoms with Gasteiger partial charge in [0.05, 0.1) is 0 Å². The number of hydrogen-bond donors (Lipinski definition) is 0. The summed E-state index contributed by atoms with van der Waals surface area (Å²) < 4.78 is 4.63. The molecule has 0 aromatic heterocycles. The second-order valence-electron chi connectivity index (χ2n) is 2.75. The SMILES string of the molecule is CC(=O)O[CH]CCC(C)C. The molecule has 0 aliphatic rings. The van der Waals surface area contributed by atoms with Crippen molar-refractivity contribution in [2.24, 2.45) is 5.92 Å². The topological polar surface area (TPSA) is 26.3 Å². The Kier molecular flexibility index (Phi) is 4.99. The van der Waals surface area contributed by atoms with E-state index in [2.05, 4.69) is 18.6 Å². The van der Waals surface area contributed by atoms with E-state index in [9.17, 15) is 4.79 Å². The van der Waals surface area contributed by atoms with Gasteiger partial charge in [0.25, 0.3) is 0 Å². The monoisotopic (exact) mass is 143 g/mol. The van der Waals surface area contributed by atoms with Crippen molar-refractivity contribution in [1.82, 2.24) is 0 Å². The average molecular weight is 143 g/mol. The van der Waals surface area contributed by atoms with Crippen LogP contribution in [0.15, 0.2) is 0 Å². The predicted octanol–water partition coefficient (Wildman–Crippen LogP) is 2.15. The van der Waals surface area contributed by atoms with Crippen LogP contribution in [0.3, 0.4) is 0 Å². The molecule has 0 amide bonds. The first-order chi connectivity index (χ1) is 4.63. The van der Waals surface area contributed by atoms with E-state index in [-0.39, 0.29) is 5.97 Å². The van der Waals surface area contributed by atoms with E-state index in [4.69, 9.17) is 0 Å². The molecule has 0 aliphatic heterocycles. The third kappa shape index (κ3) is 7.47. The highest BCUT2D eigenvalue weighted by molar-refractivity contribution is 5.66. The maximum absolute atomic E-state index is 10.2. The predicted molar refractivity (Wildman–Crippen MR) is 40.1 cm³/mol. The zero-order valence-corrected chi connectivity index (χ0v) is 6.89. The number of hydrogen-bond acceptors (Lipinski definition) is 2. The molecule has 0 atom stereocenters. The molecule has 0 aromatic carbocycles. The summed E-state index contributed by atoms with van der Waals surface area (Å²) in [5, 5.41) is 0. The van der Waals surface area contributed by atoms with Crippen LogP contribution in [0.1, 0.15) is 33.6 Å². The molecule has 0 saturated carbocycles. The van der Waals surface area contributed by atoms with Crippen LogP contribution in [-0.2, 0) is 9.53 Å². The second-order valence-corrected chi connectivity index (χ2v) is 2.75. The first-order valence-corrected chi connectivity index (χ1v) is 3.62. The molecule has 0 aliphatic carbocycles. The highest BCUT2D eigenvalue weighted by Crippen LogP contribution is 2.05. The Morgan fingerprint density at radius 2 is 2.20 bits per heavy atom. The fraction of sp³-hybridized carbons (Fsp3) is 0.750. The lowest BCUT2D eigenvalue weighted by Crippen LogP contribution is -1.96. The van der Waals surface area contributed by atoms with Gasteiger partial charge in [0, 0.05) is 6.92 Å². The van der Waals surface area contributed by atoms with Gasteiger partial charge < -0.3 is 4.74 Å². The van der Waals surface area contributed by atoms with Crippen LogP contribution in [0.25, 0.3) is 0 Å². The van der Waals surface area contributed by atoms with Crippen molar-refractivity contribution in [3.05, 3.63) is 6.61 Å². The van der Waals surface area contributed by atoms with Crippen molar-refractivity contribution in [1.29, 1.82) is 0 Å². The Morgan fingerprint density at radius 3 is 2.60 bits per heavy atom. The van der Waals surface area contributed by atoms with Crippen molar-refractivity contribution in [2.75, 3.05) is 0 Å². The second kappa shape index (κ2) is 5.27. The molecular formula is C8H15O2. The molecule has 59 valence electrons. The van der Waals surface area contributed by atoms with Gasteiger partial charge in [0.1, 0.15) is 6.61 Å². The first kappa shape index (κ1) is 9.47.